The molecule has 1 saturated heterocycles. The molecule has 2 aromatic heterocycles. The van der Waals surface area contributed by atoms with Crippen LogP contribution in [0.5, 0.6) is 11.5 Å². The standard InChI is InChI=1S/C20H21N3O4/c1-4-15(14-6-7-16-18(12-14)26-11-3-10-24-16)23(8-1)13-19-21-22-20(27-19)17-5-2-9-25-17/h2,5-7,9,12,15H,1,3-4,8,10-11,13H2. The number of rotatable bonds is 4. The number of aromatic nitrogens is 2. The molecular weight excluding hydrogens is 346 g/mol. The Labute approximate surface area is 156 Å². The van der Waals surface area contributed by atoms with Crippen LogP contribution in [0.2, 0.25) is 0 Å². The van der Waals surface area contributed by atoms with Crippen LogP contribution in [0.3, 0.4) is 0 Å². The first-order valence-corrected chi connectivity index (χ1v) is 9.37. The highest BCUT2D eigenvalue weighted by Crippen LogP contribution is 2.38. The van der Waals surface area contributed by atoms with Crippen LogP contribution < -0.4 is 9.47 Å². The van der Waals surface area contributed by atoms with Gasteiger partial charge in [-0.05, 0) is 49.2 Å². The zero-order valence-electron chi connectivity index (χ0n) is 15.0. The van der Waals surface area contributed by atoms with Crippen LogP contribution in [0, 0.1) is 0 Å². The van der Waals surface area contributed by atoms with E-state index in [1.165, 1.54) is 5.56 Å². The monoisotopic (exact) mass is 367 g/mol. The van der Waals surface area contributed by atoms with E-state index in [-0.39, 0.29) is 0 Å². The first-order valence-electron chi connectivity index (χ1n) is 9.37. The lowest BCUT2D eigenvalue weighted by atomic mass is 10.0. The van der Waals surface area contributed by atoms with Gasteiger partial charge in [-0.2, -0.15) is 0 Å². The molecule has 27 heavy (non-hydrogen) atoms. The third kappa shape index (κ3) is 3.30. The minimum Gasteiger partial charge on any atom is -0.490 e. The van der Waals surface area contributed by atoms with Gasteiger partial charge in [-0.15, -0.1) is 10.2 Å². The van der Waals surface area contributed by atoms with E-state index in [2.05, 4.69) is 27.2 Å². The smallest absolute Gasteiger partial charge is 0.283 e. The quantitative estimate of drug-likeness (QED) is 0.694. The number of hydrogen-bond donors (Lipinski definition) is 0. The number of ether oxygens (including phenoxy) is 2. The fourth-order valence-corrected chi connectivity index (χ4v) is 3.77. The van der Waals surface area contributed by atoms with Crippen LogP contribution in [0.15, 0.2) is 45.4 Å². The van der Waals surface area contributed by atoms with E-state index in [0.29, 0.717) is 43.3 Å². The van der Waals surface area contributed by atoms with E-state index in [0.717, 1.165) is 37.3 Å². The summed E-state index contributed by atoms with van der Waals surface area (Å²) in [7, 11) is 0. The maximum Gasteiger partial charge on any atom is 0.283 e. The molecule has 0 radical (unpaired) electrons. The number of benzene rings is 1. The fourth-order valence-electron chi connectivity index (χ4n) is 3.77. The molecule has 0 aliphatic carbocycles. The van der Waals surface area contributed by atoms with Crippen LogP contribution in [0.25, 0.3) is 11.7 Å². The second-order valence-electron chi connectivity index (χ2n) is 6.86. The Morgan fingerprint density at radius 3 is 2.85 bits per heavy atom. The predicted octanol–water partition coefficient (Wildman–Crippen LogP) is 3.83. The van der Waals surface area contributed by atoms with Gasteiger partial charge < -0.3 is 18.3 Å². The van der Waals surface area contributed by atoms with Crippen molar-refractivity contribution in [2.45, 2.75) is 31.8 Å². The van der Waals surface area contributed by atoms with Gasteiger partial charge in [-0.25, -0.2) is 0 Å². The summed E-state index contributed by atoms with van der Waals surface area (Å²) in [5.41, 5.74) is 1.24. The molecule has 7 heteroatoms. The molecule has 1 aromatic carbocycles. The van der Waals surface area contributed by atoms with Gasteiger partial charge in [-0.3, -0.25) is 4.90 Å². The average Bonchev–Trinajstić information content (AvgIpc) is 3.42. The normalized spacial score (nSPS) is 19.9. The molecule has 1 unspecified atom stereocenters. The molecule has 1 atom stereocenters. The molecule has 4 heterocycles. The molecule has 3 aromatic rings. The maximum absolute atomic E-state index is 5.85. The summed E-state index contributed by atoms with van der Waals surface area (Å²) in [6, 6.07) is 10.2. The summed E-state index contributed by atoms with van der Waals surface area (Å²) in [5, 5.41) is 8.28. The second kappa shape index (κ2) is 7.08. The van der Waals surface area contributed by atoms with Crippen molar-refractivity contribution >= 4 is 0 Å². The van der Waals surface area contributed by atoms with Gasteiger partial charge in [0.1, 0.15) is 0 Å². The summed E-state index contributed by atoms with van der Waals surface area (Å²) in [6.45, 7) is 3.02. The summed E-state index contributed by atoms with van der Waals surface area (Å²) >= 11 is 0. The molecule has 7 nitrogen and oxygen atoms in total. The molecule has 5 rings (SSSR count). The van der Waals surface area contributed by atoms with Crippen molar-refractivity contribution in [1.29, 1.82) is 0 Å². The lowest BCUT2D eigenvalue weighted by Gasteiger charge is -2.24. The van der Waals surface area contributed by atoms with E-state index in [1.807, 2.05) is 12.1 Å². The Hall–Kier alpha value is -2.80. The van der Waals surface area contributed by atoms with Crippen molar-refractivity contribution in [3.05, 3.63) is 48.0 Å². The van der Waals surface area contributed by atoms with Crippen LogP contribution in [-0.4, -0.2) is 34.9 Å². The van der Waals surface area contributed by atoms with Crippen LogP contribution in [0.4, 0.5) is 0 Å². The Morgan fingerprint density at radius 2 is 1.96 bits per heavy atom. The van der Waals surface area contributed by atoms with Crippen LogP contribution in [-0.2, 0) is 6.54 Å². The molecule has 0 bridgehead atoms. The first kappa shape index (κ1) is 16.4. The number of nitrogens with zero attached hydrogens (tertiary/aromatic N) is 3. The van der Waals surface area contributed by atoms with Gasteiger partial charge in [0.25, 0.3) is 5.89 Å². The summed E-state index contributed by atoms with van der Waals surface area (Å²) in [5.74, 6) is 3.29. The summed E-state index contributed by atoms with van der Waals surface area (Å²) in [6.07, 6.45) is 4.74. The Balaban J connectivity index is 1.34. The van der Waals surface area contributed by atoms with Crippen molar-refractivity contribution in [2.24, 2.45) is 0 Å². The molecule has 140 valence electrons. The molecule has 2 aliphatic rings. The summed E-state index contributed by atoms with van der Waals surface area (Å²) < 4.78 is 22.7. The number of likely N-dealkylation sites (tertiary alicyclic amines) is 1. The molecule has 0 amide bonds. The first-order chi connectivity index (χ1) is 13.4. The molecule has 2 aliphatic heterocycles. The lowest BCUT2D eigenvalue weighted by Crippen LogP contribution is -2.23. The molecule has 0 spiro atoms. The van der Waals surface area contributed by atoms with Crippen molar-refractivity contribution in [1.82, 2.24) is 15.1 Å². The highest BCUT2D eigenvalue weighted by molar-refractivity contribution is 5.44. The van der Waals surface area contributed by atoms with Gasteiger partial charge >= 0.3 is 0 Å². The van der Waals surface area contributed by atoms with Crippen molar-refractivity contribution in [3.8, 4) is 23.1 Å². The van der Waals surface area contributed by atoms with Gasteiger partial charge in [0.2, 0.25) is 5.89 Å². The minimum absolute atomic E-state index is 0.307. The van der Waals surface area contributed by atoms with E-state index in [4.69, 9.17) is 18.3 Å². The largest absolute Gasteiger partial charge is 0.490 e. The second-order valence-corrected chi connectivity index (χ2v) is 6.86. The topological polar surface area (TPSA) is 73.8 Å². The SMILES string of the molecule is c1coc(-c2nnc(CN3CCCC3c3ccc4c(c3)OCCCO4)o2)c1. The van der Waals surface area contributed by atoms with E-state index >= 15 is 0 Å². The molecular formula is C20H21N3O4. The van der Waals surface area contributed by atoms with Crippen molar-refractivity contribution in [3.63, 3.8) is 0 Å². The van der Waals surface area contributed by atoms with E-state index in [1.54, 1.807) is 12.3 Å². The Morgan fingerprint density at radius 1 is 1.04 bits per heavy atom. The van der Waals surface area contributed by atoms with Crippen LogP contribution >= 0.6 is 0 Å². The molecule has 0 saturated carbocycles. The number of furan rings is 1. The third-order valence-corrected chi connectivity index (χ3v) is 5.06. The minimum atomic E-state index is 0.307. The molecule has 0 N–H and O–H groups in total. The lowest BCUT2D eigenvalue weighted by molar-refractivity contribution is 0.223. The van der Waals surface area contributed by atoms with Crippen molar-refractivity contribution in [2.75, 3.05) is 19.8 Å². The van der Waals surface area contributed by atoms with Gasteiger partial charge in [-0.1, -0.05) is 6.07 Å². The number of hydrogen-bond acceptors (Lipinski definition) is 7. The fraction of sp³-hybridized carbons (Fsp3) is 0.400. The van der Waals surface area contributed by atoms with Crippen LogP contribution in [0.1, 0.15) is 36.8 Å². The van der Waals surface area contributed by atoms with Gasteiger partial charge in [0.15, 0.2) is 17.3 Å². The molecule has 1 fully saturated rings. The Bertz CT molecular complexity index is 906. The highest BCUT2D eigenvalue weighted by atomic mass is 16.5. The zero-order chi connectivity index (χ0) is 18.1. The summed E-state index contributed by atoms with van der Waals surface area (Å²) in [4.78, 5) is 2.37. The Kier molecular flexibility index (Phi) is 4.29. The highest BCUT2D eigenvalue weighted by Gasteiger charge is 2.28. The zero-order valence-corrected chi connectivity index (χ0v) is 15.0. The number of fused-ring (bicyclic) bond motifs is 1. The predicted molar refractivity (Wildman–Crippen MR) is 96.4 cm³/mol. The van der Waals surface area contributed by atoms with Gasteiger partial charge in [0.05, 0.1) is 26.0 Å². The van der Waals surface area contributed by atoms with E-state index in [9.17, 15) is 0 Å². The van der Waals surface area contributed by atoms with Crippen molar-refractivity contribution < 1.29 is 18.3 Å². The van der Waals surface area contributed by atoms with E-state index < -0.39 is 0 Å². The third-order valence-electron chi connectivity index (χ3n) is 5.06. The van der Waals surface area contributed by atoms with Gasteiger partial charge in [0, 0.05) is 12.5 Å². The maximum atomic E-state index is 5.85. The average molecular weight is 367 g/mol.